The van der Waals surface area contributed by atoms with Crippen molar-refractivity contribution in [1.82, 2.24) is 19.9 Å². The van der Waals surface area contributed by atoms with Crippen LogP contribution in [0.15, 0.2) is 36.8 Å². The third kappa shape index (κ3) is 4.51. The molecule has 1 N–H and O–H groups in total. The van der Waals surface area contributed by atoms with Gasteiger partial charge in [0.05, 0.1) is 18.8 Å². The zero-order valence-corrected chi connectivity index (χ0v) is 18.5. The quantitative estimate of drug-likeness (QED) is 0.614. The van der Waals surface area contributed by atoms with E-state index in [1.54, 1.807) is 27.7 Å². The lowest BCUT2D eigenvalue weighted by Gasteiger charge is -2.35. The zero-order chi connectivity index (χ0) is 22.9. The maximum atomic E-state index is 12.8. The van der Waals surface area contributed by atoms with Gasteiger partial charge in [0.25, 0.3) is 0 Å². The lowest BCUT2D eigenvalue weighted by molar-refractivity contribution is -0.150. The summed E-state index contributed by atoms with van der Waals surface area (Å²) in [4.78, 5) is 38.7. The number of esters is 1. The number of amides is 1. The monoisotopic (exact) mass is 438 g/mol. The average molecular weight is 438 g/mol. The highest BCUT2D eigenvalue weighted by atomic mass is 16.6. The first kappa shape index (κ1) is 21.6. The van der Waals surface area contributed by atoms with Crippen molar-refractivity contribution in [3.63, 3.8) is 0 Å². The summed E-state index contributed by atoms with van der Waals surface area (Å²) in [6.07, 6.45) is 2.81. The molecule has 0 aliphatic carbocycles. The minimum Gasteiger partial charge on any atom is -0.464 e. The van der Waals surface area contributed by atoms with E-state index in [2.05, 4.69) is 15.0 Å². The van der Waals surface area contributed by atoms with Crippen molar-refractivity contribution in [1.29, 1.82) is 0 Å². The van der Waals surface area contributed by atoms with E-state index >= 15 is 0 Å². The van der Waals surface area contributed by atoms with Crippen LogP contribution in [0.5, 0.6) is 11.6 Å². The molecule has 4 rings (SSSR count). The maximum absolute atomic E-state index is 12.8. The number of aromatic amines is 1. The van der Waals surface area contributed by atoms with Crippen molar-refractivity contribution in [2.24, 2.45) is 0 Å². The summed E-state index contributed by atoms with van der Waals surface area (Å²) in [6, 6.07) is 6.75. The van der Waals surface area contributed by atoms with Crippen molar-refractivity contribution < 1.29 is 23.8 Å². The molecule has 1 amide bonds. The minimum absolute atomic E-state index is 0.0868. The van der Waals surface area contributed by atoms with Crippen LogP contribution in [0.3, 0.4) is 0 Å². The van der Waals surface area contributed by atoms with Crippen LogP contribution in [-0.4, -0.2) is 50.2 Å². The van der Waals surface area contributed by atoms with E-state index in [9.17, 15) is 9.59 Å². The third-order valence-electron chi connectivity index (χ3n) is 5.01. The number of aromatic nitrogens is 3. The summed E-state index contributed by atoms with van der Waals surface area (Å²) in [7, 11) is 0. The number of carbonyl (C=O) groups is 2. The maximum Gasteiger partial charge on any atom is 0.411 e. The molecule has 0 saturated carbocycles. The molecule has 3 aromatic rings. The number of benzene rings is 1. The van der Waals surface area contributed by atoms with E-state index in [4.69, 9.17) is 14.2 Å². The van der Waals surface area contributed by atoms with Crippen molar-refractivity contribution in [3.05, 3.63) is 48.0 Å². The smallest absolute Gasteiger partial charge is 0.411 e. The molecule has 0 fully saturated rings. The van der Waals surface area contributed by atoms with Gasteiger partial charge in [0.2, 0.25) is 5.88 Å². The average Bonchev–Trinajstić information content (AvgIpc) is 3.20. The van der Waals surface area contributed by atoms with E-state index < -0.39 is 23.7 Å². The van der Waals surface area contributed by atoms with Crippen LogP contribution >= 0.6 is 0 Å². The number of hydrogen-bond acceptors (Lipinski definition) is 7. The Hall–Kier alpha value is -3.62. The second-order valence-corrected chi connectivity index (χ2v) is 8.51. The van der Waals surface area contributed by atoms with Gasteiger partial charge in [-0.25, -0.2) is 19.6 Å². The Labute approximate surface area is 185 Å². The molecule has 1 aromatic carbocycles. The lowest BCUT2D eigenvalue weighted by Crippen LogP contribution is -2.51. The molecule has 0 saturated heterocycles. The number of carbonyl (C=O) groups excluding carboxylic acids is 2. The van der Waals surface area contributed by atoms with E-state index in [0.717, 1.165) is 10.9 Å². The first-order chi connectivity index (χ1) is 15.2. The van der Waals surface area contributed by atoms with Gasteiger partial charge in [0.1, 0.15) is 23.7 Å². The Kier molecular flexibility index (Phi) is 5.73. The van der Waals surface area contributed by atoms with Gasteiger partial charge in [-0.1, -0.05) is 0 Å². The van der Waals surface area contributed by atoms with E-state index in [-0.39, 0.29) is 19.6 Å². The first-order valence-electron chi connectivity index (χ1n) is 10.5. The molecule has 9 nitrogen and oxygen atoms in total. The molecule has 0 spiro atoms. The number of H-pyrrole nitrogens is 1. The van der Waals surface area contributed by atoms with Gasteiger partial charge in [-0.15, -0.1) is 0 Å². The number of ether oxygens (including phenoxy) is 3. The zero-order valence-electron chi connectivity index (χ0n) is 18.5. The predicted octanol–water partition coefficient (Wildman–Crippen LogP) is 3.98. The van der Waals surface area contributed by atoms with E-state index in [0.29, 0.717) is 22.9 Å². The summed E-state index contributed by atoms with van der Waals surface area (Å²) < 4.78 is 16.8. The molecule has 1 aliphatic rings. The molecule has 1 unspecified atom stereocenters. The van der Waals surface area contributed by atoms with Crippen molar-refractivity contribution in [2.45, 2.75) is 52.3 Å². The number of rotatable bonds is 4. The van der Waals surface area contributed by atoms with Gasteiger partial charge in [0, 0.05) is 29.1 Å². The Morgan fingerprint density at radius 2 is 2.03 bits per heavy atom. The number of fused-ring (bicyclic) bond motifs is 2. The highest BCUT2D eigenvalue weighted by molar-refractivity contribution is 5.83. The van der Waals surface area contributed by atoms with Crippen molar-refractivity contribution in [2.75, 3.05) is 6.61 Å². The topological polar surface area (TPSA) is 107 Å². The molecule has 3 heterocycles. The summed E-state index contributed by atoms with van der Waals surface area (Å²) in [5.74, 6) is 0.454. The molecule has 1 aliphatic heterocycles. The molecule has 0 bridgehead atoms. The molecular formula is C23H26N4O5. The van der Waals surface area contributed by atoms with Gasteiger partial charge in [-0.3, -0.25) is 4.90 Å². The largest absolute Gasteiger partial charge is 0.464 e. The Bertz CT molecular complexity index is 1150. The van der Waals surface area contributed by atoms with Crippen molar-refractivity contribution in [3.8, 4) is 11.6 Å². The van der Waals surface area contributed by atoms with Crippen LogP contribution in [0.2, 0.25) is 0 Å². The normalized spacial score (nSPS) is 15.9. The standard InChI is InChI=1S/C23H26N4O5/c1-5-30-21(28)19-11-16-18(12-27(19)22(29)32-23(2,3)4)25-13-26-20(16)31-15-6-7-17-14(10-15)8-9-24-17/h6-10,13,19,24H,5,11-12H2,1-4H3. The lowest BCUT2D eigenvalue weighted by atomic mass is 9.98. The highest BCUT2D eigenvalue weighted by Crippen LogP contribution is 2.33. The predicted molar refractivity (Wildman–Crippen MR) is 116 cm³/mol. The summed E-state index contributed by atoms with van der Waals surface area (Å²) in [6.45, 7) is 7.34. The molecular weight excluding hydrogens is 412 g/mol. The molecule has 32 heavy (non-hydrogen) atoms. The second-order valence-electron chi connectivity index (χ2n) is 8.51. The van der Waals surface area contributed by atoms with Crippen LogP contribution in [0.25, 0.3) is 10.9 Å². The fraction of sp³-hybridized carbons (Fsp3) is 0.391. The van der Waals surface area contributed by atoms with Crippen LogP contribution in [-0.2, 0) is 27.2 Å². The van der Waals surface area contributed by atoms with Crippen LogP contribution in [0.4, 0.5) is 4.79 Å². The van der Waals surface area contributed by atoms with Crippen LogP contribution in [0, 0.1) is 0 Å². The number of nitrogens with one attached hydrogen (secondary N) is 1. The van der Waals surface area contributed by atoms with Gasteiger partial charge < -0.3 is 19.2 Å². The number of nitrogens with zero attached hydrogens (tertiary/aromatic N) is 3. The Morgan fingerprint density at radius 1 is 1.22 bits per heavy atom. The molecule has 168 valence electrons. The van der Waals surface area contributed by atoms with Crippen LogP contribution < -0.4 is 4.74 Å². The summed E-state index contributed by atoms with van der Waals surface area (Å²) in [5, 5.41) is 1.01. The Balaban J connectivity index is 1.65. The minimum atomic E-state index is -0.863. The first-order valence-corrected chi connectivity index (χ1v) is 10.5. The van der Waals surface area contributed by atoms with E-state index in [1.807, 2.05) is 30.5 Å². The van der Waals surface area contributed by atoms with Crippen LogP contribution in [0.1, 0.15) is 39.0 Å². The SMILES string of the molecule is CCOC(=O)C1Cc2c(ncnc2Oc2ccc3[nH]ccc3c2)CN1C(=O)OC(C)(C)C. The second kappa shape index (κ2) is 8.49. The van der Waals surface area contributed by atoms with Gasteiger partial charge in [-0.05, 0) is 52.0 Å². The molecule has 9 heteroatoms. The van der Waals surface area contributed by atoms with Gasteiger partial charge >= 0.3 is 12.1 Å². The van der Waals surface area contributed by atoms with Gasteiger partial charge in [-0.2, -0.15) is 0 Å². The molecule has 0 radical (unpaired) electrons. The van der Waals surface area contributed by atoms with Crippen molar-refractivity contribution >= 4 is 23.0 Å². The van der Waals surface area contributed by atoms with E-state index in [1.165, 1.54) is 11.2 Å². The molecule has 1 atom stereocenters. The third-order valence-corrected chi connectivity index (χ3v) is 5.01. The van der Waals surface area contributed by atoms with Gasteiger partial charge in [0.15, 0.2) is 0 Å². The Morgan fingerprint density at radius 3 is 2.78 bits per heavy atom. The fourth-order valence-corrected chi connectivity index (χ4v) is 3.60. The molecule has 2 aromatic heterocycles. The summed E-state index contributed by atoms with van der Waals surface area (Å²) >= 11 is 0. The fourth-order valence-electron chi connectivity index (χ4n) is 3.60. The highest BCUT2D eigenvalue weighted by Gasteiger charge is 2.40. The number of hydrogen-bond donors (Lipinski definition) is 1. The summed E-state index contributed by atoms with van der Waals surface area (Å²) in [5.41, 5.74) is 1.56.